The Kier molecular flexibility index (Phi) is 7.53. The summed E-state index contributed by atoms with van der Waals surface area (Å²) >= 11 is 0. The molecule has 2 N–H and O–H groups in total. The van der Waals surface area contributed by atoms with Crippen molar-refractivity contribution >= 4 is 15.8 Å². The van der Waals surface area contributed by atoms with Crippen molar-refractivity contribution in [1.29, 1.82) is 0 Å². The average Bonchev–Trinajstić information content (AvgIpc) is 2.47. The molecule has 0 aliphatic heterocycles. The van der Waals surface area contributed by atoms with Crippen LogP contribution in [-0.2, 0) is 22.6 Å². The molecular weight excluding hydrogens is 343 g/mol. The van der Waals surface area contributed by atoms with Gasteiger partial charge < -0.3 is 10.6 Å². The maximum Gasteiger partial charge on any atom is 0.416 e. The van der Waals surface area contributed by atoms with Gasteiger partial charge in [-0.05, 0) is 31.0 Å². The normalized spacial score (nSPS) is 13.0. The van der Waals surface area contributed by atoms with Crippen molar-refractivity contribution in [3.8, 4) is 0 Å². The summed E-state index contributed by atoms with van der Waals surface area (Å²) in [6.45, 7) is 3.15. The highest BCUT2D eigenvalue weighted by atomic mass is 32.2. The minimum absolute atomic E-state index is 0.0817. The molecular formula is C15H22F3N3O2S. The second-order valence-corrected chi connectivity index (χ2v) is 7.56. The zero-order valence-electron chi connectivity index (χ0n) is 13.7. The van der Waals surface area contributed by atoms with Crippen LogP contribution < -0.4 is 10.6 Å². The minimum Gasteiger partial charge on any atom is -0.357 e. The van der Waals surface area contributed by atoms with Gasteiger partial charge in [0.2, 0.25) is 0 Å². The third-order valence-electron chi connectivity index (χ3n) is 3.03. The van der Waals surface area contributed by atoms with E-state index in [1.807, 2.05) is 6.92 Å². The van der Waals surface area contributed by atoms with E-state index >= 15 is 0 Å². The van der Waals surface area contributed by atoms with Gasteiger partial charge in [0, 0.05) is 19.3 Å². The molecule has 0 aliphatic rings. The molecule has 5 nitrogen and oxygen atoms in total. The molecule has 0 amide bonds. The van der Waals surface area contributed by atoms with Gasteiger partial charge in [0.05, 0.1) is 17.9 Å². The molecule has 0 saturated carbocycles. The number of sulfone groups is 1. The van der Waals surface area contributed by atoms with Crippen molar-refractivity contribution in [1.82, 2.24) is 10.6 Å². The number of nitrogens with zero attached hydrogens (tertiary/aromatic N) is 1. The predicted octanol–water partition coefficient (Wildman–Crippen LogP) is 2.20. The van der Waals surface area contributed by atoms with E-state index < -0.39 is 21.6 Å². The Hall–Kier alpha value is -1.77. The Labute approximate surface area is 140 Å². The van der Waals surface area contributed by atoms with Crippen LogP contribution in [0.3, 0.4) is 0 Å². The van der Waals surface area contributed by atoms with Crippen LogP contribution in [-0.4, -0.2) is 39.5 Å². The van der Waals surface area contributed by atoms with Crippen LogP contribution in [0.25, 0.3) is 0 Å². The van der Waals surface area contributed by atoms with Gasteiger partial charge in [0.15, 0.2) is 5.96 Å². The highest BCUT2D eigenvalue weighted by Crippen LogP contribution is 2.29. The lowest BCUT2D eigenvalue weighted by atomic mass is 10.1. The highest BCUT2D eigenvalue weighted by Gasteiger charge is 2.29. The molecule has 0 fully saturated rings. The molecule has 136 valence electrons. The molecule has 0 aliphatic carbocycles. The van der Waals surface area contributed by atoms with Crippen molar-refractivity contribution in [2.45, 2.75) is 26.1 Å². The number of alkyl halides is 3. The monoisotopic (exact) mass is 365 g/mol. The number of hydrogen-bond acceptors (Lipinski definition) is 3. The van der Waals surface area contributed by atoms with Crippen LogP contribution >= 0.6 is 0 Å². The van der Waals surface area contributed by atoms with Gasteiger partial charge in [0.25, 0.3) is 0 Å². The molecule has 0 bridgehead atoms. The van der Waals surface area contributed by atoms with Gasteiger partial charge >= 0.3 is 6.18 Å². The molecule has 9 heteroatoms. The van der Waals surface area contributed by atoms with E-state index in [9.17, 15) is 21.6 Å². The number of benzene rings is 1. The topological polar surface area (TPSA) is 70.6 Å². The van der Waals surface area contributed by atoms with E-state index in [2.05, 4.69) is 15.6 Å². The fourth-order valence-corrected chi connectivity index (χ4v) is 2.52. The van der Waals surface area contributed by atoms with Gasteiger partial charge in [-0.1, -0.05) is 12.1 Å². The summed E-state index contributed by atoms with van der Waals surface area (Å²) in [7, 11) is -3.00. The summed E-state index contributed by atoms with van der Waals surface area (Å²) < 4.78 is 59.6. The van der Waals surface area contributed by atoms with Crippen molar-refractivity contribution in [2.24, 2.45) is 4.99 Å². The molecule has 0 unspecified atom stereocenters. The summed E-state index contributed by atoms with van der Waals surface area (Å²) in [5.41, 5.74) is -0.0441. The molecule has 24 heavy (non-hydrogen) atoms. The second-order valence-electron chi connectivity index (χ2n) is 5.30. The molecule has 1 aromatic rings. The quantitative estimate of drug-likeness (QED) is 0.442. The van der Waals surface area contributed by atoms with Crippen molar-refractivity contribution in [3.05, 3.63) is 35.4 Å². The van der Waals surface area contributed by atoms with E-state index in [1.54, 1.807) is 0 Å². The lowest BCUT2D eigenvalue weighted by Crippen LogP contribution is -2.38. The lowest BCUT2D eigenvalue weighted by molar-refractivity contribution is -0.137. The first-order valence-electron chi connectivity index (χ1n) is 7.48. The highest BCUT2D eigenvalue weighted by molar-refractivity contribution is 7.90. The summed E-state index contributed by atoms with van der Waals surface area (Å²) in [5, 5.41) is 5.99. The first-order chi connectivity index (χ1) is 11.1. The fraction of sp³-hybridized carbons (Fsp3) is 0.533. The SMILES string of the molecule is CCNC(=NCc1ccc(C(F)(F)F)cc1)NCCCS(C)(=O)=O. The number of aliphatic imine (C=N–C) groups is 1. The van der Waals surface area contributed by atoms with Crippen LogP contribution in [0, 0.1) is 0 Å². The number of halogens is 3. The number of nitrogens with one attached hydrogen (secondary N) is 2. The van der Waals surface area contributed by atoms with Gasteiger partial charge in [-0.2, -0.15) is 13.2 Å². The smallest absolute Gasteiger partial charge is 0.357 e. The molecule has 1 rings (SSSR count). The summed E-state index contributed by atoms with van der Waals surface area (Å²) in [6.07, 6.45) is -2.72. The molecule has 0 atom stereocenters. The maximum atomic E-state index is 12.5. The van der Waals surface area contributed by atoms with Crippen molar-refractivity contribution in [2.75, 3.05) is 25.1 Å². The number of hydrogen-bond donors (Lipinski definition) is 2. The predicted molar refractivity (Wildman–Crippen MR) is 88.6 cm³/mol. The molecule has 0 spiro atoms. The standard InChI is InChI=1S/C15H22F3N3O2S/c1-3-19-14(20-9-4-10-24(2,22)23)21-11-12-5-7-13(8-6-12)15(16,17)18/h5-8H,3-4,9-11H2,1-2H3,(H2,19,20,21). The first-order valence-corrected chi connectivity index (χ1v) is 9.54. The molecule has 1 aromatic carbocycles. The zero-order chi connectivity index (χ0) is 18.2. The molecule has 0 aromatic heterocycles. The summed E-state index contributed by atoms with van der Waals surface area (Å²) in [6, 6.07) is 4.83. The van der Waals surface area contributed by atoms with Gasteiger partial charge in [-0.25, -0.2) is 13.4 Å². The number of rotatable bonds is 7. The fourth-order valence-electron chi connectivity index (χ4n) is 1.85. The Balaban J connectivity index is 2.58. The maximum absolute atomic E-state index is 12.5. The summed E-state index contributed by atoms with van der Waals surface area (Å²) in [5.74, 6) is 0.573. The summed E-state index contributed by atoms with van der Waals surface area (Å²) in [4.78, 5) is 4.27. The molecule has 0 heterocycles. The Morgan fingerprint density at radius 3 is 2.29 bits per heavy atom. The first kappa shape index (κ1) is 20.3. The van der Waals surface area contributed by atoms with Crippen LogP contribution in [0.2, 0.25) is 0 Å². The van der Waals surface area contributed by atoms with E-state index in [0.717, 1.165) is 12.1 Å². The third-order valence-corrected chi connectivity index (χ3v) is 4.06. The zero-order valence-corrected chi connectivity index (χ0v) is 14.5. The van der Waals surface area contributed by atoms with Crippen LogP contribution in [0.4, 0.5) is 13.2 Å². The van der Waals surface area contributed by atoms with E-state index in [4.69, 9.17) is 0 Å². The third kappa shape index (κ3) is 8.19. The number of guanidine groups is 1. The lowest BCUT2D eigenvalue weighted by Gasteiger charge is -2.11. The molecule has 0 radical (unpaired) electrons. The van der Waals surface area contributed by atoms with E-state index in [0.29, 0.717) is 31.0 Å². The Morgan fingerprint density at radius 2 is 1.79 bits per heavy atom. The van der Waals surface area contributed by atoms with E-state index in [-0.39, 0.29) is 12.3 Å². The van der Waals surface area contributed by atoms with Crippen LogP contribution in [0.1, 0.15) is 24.5 Å². The van der Waals surface area contributed by atoms with Crippen molar-refractivity contribution in [3.63, 3.8) is 0 Å². The van der Waals surface area contributed by atoms with Crippen LogP contribution in [0.5, 0.6) is 0 Å². The van der Waals surface area contributed by atoms with Crippen LogP contribution in [0.15, 0.2) is 29.3 Å². The van der Waals surface area contributed by atoms with Gasteiger partial charge in [-0.15, -0.1) is 0 Å². The van der Waals surface area contributed by atoms with Gasteiger partial charge in [0.1, 0.15) is 9.84 Å². The minimum atomic E-state index is -4.35. The van der Waals surface area contributed by atoms with E-state index in [1.165, 1.54) is 18.4 Å². The molecule has 0 saturated heterocycles. The average molecular weight is 365 g/mol. The largest absolute Gasteiger partial charge is 0.416 e. The van der Waals surface area contributed by atoms with Crippen molar-refractivity contribution < 1.29 is 21.6 Å². The van der Waals surface area contributed by atoms with Gasteiger partial charge in [-0.3, -0.25) is 0 Å². The Morgan fingerprint density at radius 1 is 1.17 bits per heavy atom. The Bertz CT molecular complexity index is 641. The second kappa shape index (κ2) is 8.91.